The topological polar surface area (TPSA) is 12.9 Å². The molecular weight excluding hydrogens is 238 g/mol. The van der Waals surface area contributed by atoms with Gasteiger partial charge in [-0.3, -0.25) is 4.98 Å². The van der Waals surface area contributed by atoms with Crippen LogP contribution in [0.3, 0.4) is 0 Å². The van der Waals surface area contributed by atoms with Crippen molar-refractivity contribution in [2.45, 2.75) is 20.8 Å². The van der Waals surface area contributed by atoms with E-state index in [1.807, 2.05) is 13.1 Å². The van der Waals surface area contributed by atoms with Crippen molar-refractivity contribution in [2.24, 2.45) is 5.92 Å². The highest BCUT2D eigenvalue weighted by atomic mass is 79.9. The van der Waals surface area contributed by atoms with Gasteiger partial charge >= 0.3 is 0 Å². The first-order valence-electron chi connectivity index (χ1n) is 4.82. The van der Waals surface area contributed by atoms with Gasteiger partial charge in [0.1, 0.15) is 0 Å². The highest BCUT2D eigenvalue weighted by Gasteiger charge is 2.01. The predicted octanol–water partition coefficient (Wildman–Crippen LogP) is 3.82. The quantitative estimate of drug-likeness (QED) is 0.747. The molecule has 0 unspecified atom stereocenters. The minimum absolute atomic E-state index is 0.567. The fourth-order valence-electron chi connectivity index (χ4n) is 1.11. The molecule has 1 aromatic rings. The van der Waals surface area contributed by atoms with E-state index in [0.29, 0.717) is 5.92 Å². The fourth-order valence-corrected chi connectivity index (χ4v) is 1.92. The van der Waals surface area contributed by atoms with Crippen molar-refractivity contribution < 1.29 is 0 Å². The molecule has 1 heterocycles. The number of halogens is 1. The monoisotopic (exact) mass is 253 g/mol. The van der Waals surface area contributed by atoms with Gasteiger partial charge in [0.2, 0.25) is 0 Å². The van der Waals surface area contributed by atoms with Crippen LogP contribution in [-0.4, -0.2) is 10.3 Å². The average molecular weight is 254 g/mol. The number of aryl methyl sites for hydroxylation is 1. The zero-order valence-electron chi connectivity index (χ0n) is 8.92. The second-order valence-electron chi connectivity index (χ2n) is 3.77. The van der Waals surface area contributed by atoms with Gasteiger partial charge in [-0.15, -0.1) is 0 Å². The van der Waals surface area contributed by atoms with Crippen LogP contribution in [0.5, 0.6) is 0 Å². The van der Waals surface area contributed by atoms with Gasteiger partial charge in [-0.25, -0.2) is 0 Å². The summed E-state index contributed by atoms with van der Waals surface area (Å²) in [6.07, 6.45) is 4.05. The third-order valence-corrected chi connectivity index (χ3v) is 2.81. The second-order valence-corrected chi connectivity index (χ2v) is 4.33. The summed E-state index contributed by atoms with van der Waals surface area (Å²) in [7, 11) is 0. The first kappa shape index (κ1) is 11.4. The molecule has 1 rings (SSSR count). The molecule has 0 spiro atoms. The molecule has 0 amide bonds. The Morgan fingerprint density at radius 3 is 2.64 bits per heavy atom. The van der Waals surface area contributed by atoms with Crippen molar-refractivity contribution in [2.75, 3.05) is 5.33 Å². The molecule has 0 N–H and O–H groups in total. The zero-order valence-corrected chi connectivity index (χ0v) is 10.5. The van der Waals surface area contributed by atoms with E-state index in [2.05, 4.69) is 53.0 Å². The van der Waals surface area contributed by atoms with Gasteiger partial charge < -0.3 is 0 Å². The average Bonchev–Trinajstić information content (AvgIpc) is 2.16. The van der Waals surface area contributed by atoms with Crippen LogP contribution in [0, 0.1) is 12.8 Å². The molecule has 1 aromatic heterocycles. The predicted molar refractivity (Wildman–Crippen MR) is 65.6 cm³/mol. The maximum atomic E-state index is 4.35. The van der Waals surface area contributed by atoms with Crippen molar-refractivity contribution in [1.82, 2.24) is 4.98 Å². The zero-order chi connectivity index (χ0) is 10.6. The summed E-state index contributed by atoms with van der Waals surface area (Å²) < 4.78 is 0. The van der Waals surface area contributed by atoms with Crippen molar-refractivity contribution in [3.63, 3.8) is 0 Å². The van der Waals surface area contributed by atoms with E-state index in [1.165, 1.54) is 11.1 Å². The molecule has 0 saturated carbocycles. The molecule has 0 bridgehead atoms. The van der Waals surface area contributed by atoms with Gasteiger partial charge in [0.05, 0.1) is 5.69 Å². The van der Waals surface area contributed by atoms with E-state index >= 15 is 0 Å². The van der Waals surface area contributed by atoms with Crippen LogP contribution < -0.4 is 0 Å². The summed E-state index contributed by atoms with van der Waals surface area (Å²) in [6.45, 7) is 6.44. The Balaban J connectivity index is 2.89. The lowest BCUT2D eigenvalue weighted by atomic mass is 10.0. The third kappa shape index (κ3) is 3.26. The maximum absolute atomic E-state index is 4.35. The maximum Gasteiger partial charge on any atom is 0.0629 e. The van der Waals surface area contributed by atoms with Gasteiger partial charge in [-0.2, -0.15) is 0 Å². The van der Waals surface area contributed by atoms with E-state index in [1.54, 1.807) is 0 Å². The molecular formula is C12H16BrN. The van der Waals surface area contributed by atoms with Crippen LogP contribution >= 0.6 is 15.9 Å². The normalized spacial score (nSPS) is 12.2. The van der Waals surface area contributed by atoms with E-state index in [0.717, 1.165) is 11.0 Å². The Morgan fingerprint density at radius 2 is 2.21 bits per heavy atom. The van der Waals surface area contributed by atoms with Gasteiger partial charge in [0.15, 0.2) is 0 Å². The minimum Gasteiger partial charge on any atom is -0.257 e. The number of aromatic nitrogens is 1. The van der Waals surface area contributed by atoms with Crippen LogP contribution in [0.1, 0.15) is 25.1 Å². The number of rotatable bonds is 3. The molecule has 0 aliphatic rings. The molecule has 76 valence electrons. The van der Waals surface area contributed by atoms with Crippen molar-refractivity contribution in [3.8, 4) is 0 Å². The Bertz CT molecular complexity index is 312. The lowest BCUT2D eigenvalue weighted by Gasteiger charge is -2.07. The minimum atomic E-state index is 0.567. The number of hydrogen-bond acceptors (Lipinski definition) is 1. The van der Waals surface area contributed by atoms with Gasteiger partial charge in [-0.1, -0.05) is 41.4 Å². The third-order valence-electron chi connectivity index (χ3n) is 2.16. The number of hydrogen-bond donors (Lipinski definition) is 0. The van der Waals surface area contributed by atoms with E-state index < -0.39 is 0 Å². The lowest BCUT2D eigenvalue weighted by molar-refractivity contribution is 0.780. The Labute approximate surface area is 94.4 Å². The summed E-state index contributed by atoms with van der Waals surface area (Å²) in [5.41, 5.74) is 3.62. The van der Waals surface area contributed by atoms with E-state index in [-0.39, 0.29) is 0 Å². The fraction of sp³-hybridized carbons (Fsp3) is 0.417. The molecule has 2 heteroatoms. The lowest BCUT2D eigenvalue weighted by Crippen LogP contribution is -1.95. The summed E-state index contributed by atoms with van der Waals surface area (Å²) >= 11 is 3.49. The number of allylic oxidation sites excluding steroid dienone is 1. The second kappa shape index (κ2) is 5.30. The Kier molecular flexibility index (Phi) is 4.33. The summed E-state index contributed by atoms with van der Waals surface area (Å²) in [5.74, 6) is 0.567. The van der Waals surface area contributed by atoms with Crippen molar-refractivity contribution in [1.29, 1.82) is 0 Å². The summed E-state index contributed by atoms with van der Waals surface area (Å²) in [4.78, 5) is 4.35. The molecule has 0 atom stereocenters. The Morgan fingerprint density at radius 1 is 1.50 bits per heavy atom. The molecule has 0 radical (unpaired) electrons. The first-order valence-corrected chi connectivity index (χ1v) is 5.94. The van der Waals surface area contributed by atoms with Gasteiger partial charge in [-0.05, 0) is 30.5 Å². The van der Waals surface area contributed by atoms with Crippen molar-refractivity contribution >= 4 is 22.0 Å². The molecule has 0 fully saturated rings. The number of pyridine rings is 1. The number of alkyl halides is 1. The van der Waals surface area contributed by atoms with Crippen LogP contribution in [-0.2, 0) is 0 Å². The van der Waals surface area contributed by atoms with E-state index in [4.69, 9.17) is 0 Å². The molecule has 0 saturated heterocycles. The summed E-state index contributed by atoms with van der Waals surface area (Å²) in [5, 5.41) is 0.917. The van der Waals surface area contributed by atoms with Gasteiger partial charge in [0, 0.05) is 11.5 Å². The highest BCUT2D eigenvalue weighted by Crippen LogP contribution is 2.15. The molecule has 0 aliphatic carbocycles. The van der Waals surface area contributed by atoms with Crippen LogP contribution in [0.2, 0.25) is 0 Å². The summed E-state index contributed by atoms with van der Waals surface area (Å²) in [6, 6.07) is 4.14. The molecule has 14 heavy (non-hydrogen) atoms. The number of nitrogens with zero attached hydrogens (tertiary/aromatic N) is 1. The SMILES string of the molecule is Cc1ccc(/C=C(\CBr)C(C)C)nc1. The van der Waals surface area contributed by atoms with Crippen molar-refractivity contribution in [3.05, 3.63) is 35.2 Å². The molecule has 0 aliphatic heterocycles. The van der Waals surface area contributed by atoms with Gasteiger partial charge in [0.25, 0.3) is 0 Å². The standard InChI is InChI=1S/C12H16BrN/c1-9(2)11(7-13)6-12-5-4-10(3)8-14-12/h4-6,8-9H,7H2,1-3H3/b11-6+. The van der Waals surface area contributed by atoms with Crippen LogP contribution in [0.4, 0.5) is 0 Å². The smallest absolute Gasteiger partial charge is 0.0629 e. The molecule has 0 aromatic carbocycles. The first-order chi connectivity index (χ1) is 6.63. The van der Waals surface area contributed by atoms with E-state index in [9.17, 15) is 0 Å². The highest BCUT2D eigenvalue weighted by molar-refractivity contribution is 9.09. The van der Waals surface area contributed by atoms with Crippen LogP contribution in [0.25, 0.3) is 6.08 Å². The Hall–Kier alpha value is -0.630. The van der Waals surface area contributed by atoms with Crippen LogP contribution in [0.15, 0.2) is 23.9 Å². The molecule has 1 nitrogen and oxygen atoms in total. The largest absolute Gasteiger partial charge is 0.257 e.